The topological polar surface area (TPSA) is 0 Å². The van der Waals surface area contributed by atoms with Crippen LogP contribution in [0.1, 0.15) is 25.8 Å². The van der Waals surface area contributed by atoms with E-state index in [-0.39, 0.29) is 0 Å². The molecule has 0 spiro atoms. The molecule has 112 valence electrons. The molecule has 0 aromatic heterocycles. The van der Waals surface area contributed by atoms with Crippen LogP contribution in [0.2, 0.25) is 17.3 Å². The average Bonchev–Trinajstić information content (AvgIpc) is 2.46. The van der Waals surface area contributed by atoms with Gasteiger partial charge in [-0.2, -0.15) is 0 Å². The fourth-order valence-corrected chi connectivity index (χ4v) is 6.43. The number of rotatable bonds is 5. The third kappa shape index (κ3) is 4.23. The molecule has 0 aliphatic carbocycles. The summed E-state index contributed by atoms with van der Waals surface area (Å²) in [6, 6.07) is 17.9. The standard InChI is InChI=1S/C20H28Ge/c1-6-16(2)14-19-15-18(17-10-8-7-9-11-17)12-13-20(19)21(3,4)5/h7-13,15-16H,6,14H2,1-5H3. The molecular weight excluding hydrogens is 313 g/mol. The summed E-state index contributed by atoms with van der Waals surface area (Å²) in [5.41, 5.74) is 4.29. The van der Waals surface area contributed by atoms with Crippen molar-refractivity contribution in [1.82, 2.24) is 0 Å². The SMILES string of the molecule is CCC(C)Cc1cc(-c2ccccc2)cc[c]1[Ge]([CH3])([CH3])[CH3]. The third-order valence-corrected chi connectivity index (χ3v) is 8.70. The van der Waals surface area contributed by atoms with E-state index in [1.54, 1.807) is 9.96 Å². The Morgan fingerprint density at radius 3 is 2.14 bits per heavy atom. The van der Waals surface area contributed by atoms with E-state index >= 15 is 0 Å². The van der Waals surface area contributed by atoms with Crippen LogP contribution in [0.15, 0.2) is 48.5 Å². The predicted octanol–water partition coefficient (Wildman–Crippen LogP) is 5.49. The molecule has 2 aromatic rings. The van der Waals surface area contributed by atoms with Gasteiger partial charge in [-0.3, -0.25) is 0 Å². The summed E-state index contributed by atoms with van der Waals surface area (Å²) in [6.45, 7) is 4.67. The van der Waals surface area contributed by atoms with E-state index in [0.29, 0.717) is 0 Å². The molecule has 1 heteroatoms. The van der Waals surface area contributed by atoms with Gasteiger partial charge in [-0.15, -0.1) is 0 Å². The molecule has 0 saturated carbocycles. The number of hydrogen-bond acceptors (Lipinski definition) is 0. The van der Waals surface area contributed by atoms with Gasteiger partial charge in [0, 0.05) is 0 Å². The molecular formula is C20H28Ge. The van der Waals surface area contributed by atoms with Crippen molar-refractivity contribution in [2.24, 2.45) is 5.92 Å². The predicted molar refractivity (Wildman–Crippen MR) is 98.0 cm³/mol. The molecule has 21 heavy (non-hydrogen) atoms. The van der Waals surface area contributed by atoms with Crippen molar-refractivity contribution < 1.29 is 0 Å². The van der Waals surface area contributed by atoms with Crippen LogP contribution in [-0.2, 0) is 6.42 Å². The van der Waals surface area contributed by atoms with Gasteiger partial charge >= 0.3 is 133 Å². The van der Waals surface area contributed by atoms with Gasteiger partial charge in [0.2, 0.25) is 0 Å². The van der Waals surface area contributed by atoms with Crippen molar-refractivity contribution in [2.45, 2.75) is 44.0 Å². The monoisotopic (exact) mass is 342 g/mol. The molecule has 0 aliphatic heterocycles. The summed E-state index contributed by atoms with van der Waals surface area (Å²) in [7, 11) is 0. The van der Waals surface area contributed by atoms with Crippen LogP contribution in [0, 0.1) is 5.92 Å². The van der Waals surface area contributed by atoms with Crippen molar-refractivity contribution in [2.75, 3.05) is 0 Å². The molecule has 0 amide bonds. The van der Waals surface area contributed by atoms with E-state index in [0.717, 1.165) is 5.92 Å². The Morgan fingerprint density at radius 2 is 1.57 bits per heavy atom. The van der Waals surface area contributed by atoms with E-state index in [1.165, 1.54) is 24.0 Å². The van der Waals surface area contributed by atoms with Crippen molar-refractivity contribution in [3.05, 3.63) is 54.1 Å². The summed E-state index contributed by atoms with van der Waals surface area (Å²) in [6.07, 6.45) is 2.47. The summed E-state index contributed by atoms with van der Waals surface area (Å²) >= 11 is -1.80. The first-order chi connectivity index (χ1) is 9.91. The first kappa shape index (κ1) is 16.4. The van der Waals surface area contributed by atoms with Gasteiger partial charge in [-0.05, 0) is 0 Å². The second kappa shape index (κ2) is 6.83. The first-order valence-electron chi connectivity index (χ1n) is 8.10. The summed E-state index contributed by atoms with van der Waals surface area (Å²) in [5, 5.41) is 0. The fraction of sp³-hybridized carbons (Fsp3) is 0.400. The molecule has 0 bridgehead atoms. The zero-order chi connectivity index (χ0) is 15.5. The average molecular weight is 341 g/mol. The number of benzene rings is 2. The van der Waals surface area contributed by atoms with E-state index < -0.39 is 13.3 Å². The summed E-state index contributed by atoms with van der Waals surface area (Å²) in [5.74, 6) is 8.26. The molecule has 1 unspecified atom stereocenters. The minimum atomic E-state index is -1.80. The summed E-state index contributed by atoms with van der Waals surface area (Å²) < 4.78 is 1.68. The van der Waals surface area contributed by atoms with Gasteiger partial charge in [0.15, 0.2) is 0 Å². The second-order valence-corrected chi connectivity index (χ2v) is 17.8. The van der Waals surface area contributed by atoms with Crippen molar-refractivity contribution >= 4 is 17.7 Å². The Bertz CT molecular complexity index is 579. The molecule has 1 atom stereocenters. The molecule has 0 fully saturated rings. The van der Waals surface area contributed by atoms with Crippen LogP contribution in [-0.4, -0.2) is 13.3 Å². The molecule has 0 heterocycles. The minimum absolute atomic E-state index is 0.763. The van der Waals surface area contributed by atoms with Crippen LogP contribution in [0.5, 0.6) is 0 Å². The quantitative estimate of drug-likeness (QED) is 0.631. The Labute approximate surface area is 133 Å². The fourth-order valence-electron chi connectivity index (χ4n) is 2.82. The van der Waals surface area contributed by atoms with Gasteiger partial charge in [-0.1, -0.05) is 0 Å². The Balaban J connectivity index is 2.46. The van der Waals surface area contributed by atoms with Crippen LogP contribution < -0.4 is 4.40 Å². The van der Waals surface area contributed by atoms with Crippen molar-refractivity contribution in [1.29, 1.82) is 0 Å². The molecule has 0 N–H and O–H groups in total. The zero-order valence-electron chi connectivity index (χ0n) is 14.1. The van der Waals surface area contributed by atoms with Crippen molar-refractivity contribution in [3.63, 3.8) is 0 Å². The molecule has 0 saturated heterocycles. The van der Waals surface area contributed by atoms with E-state index in [2.05, 4.69) is 79.6 Å². The third-order valence-electron chi connectivity index (χ3n) is 4.29. The number of hydrogen-bond donors (Lipinski definition) is 0. The zero-order valence-corrected chi connectivity index (χ0v) is 16.2. The van der Waals surface area contributed by atoms with E-state index in [1.807, 2.05) is 0 Å². The maximum absolute atomic E-state index is 2.50. The van der Waals surface area contributed by atoms with Gasteiger partial charge in [0.05, 0.1) is 0 Å². The Hall–Kier alpha value is -1.02. The second-order valence-electron chi connectivity index (χ2n) is 7.21. The molecule has 2 aromatic carbocycles. The normalized spacial score (nSPS) is 13.2. The van der Waals surface area contributed by atoms with Crippen molar-refractivity contribution in [3.8, 4) is 11.1 Å². The van der Waals surface area contributed by atoms with Crippen LogP contribution in [0.4, 0.5) is 0 Å². The van der Waals surface area contributed by atoms with Gasteiger partial charge in [-0.25, -0.2) is 0 Å². The molecule has 0 radical (unpaired) electrons. The summed E-state index contributed by atoms with van der Waals surface area (Å²) in [4.78, 5) is 0. The van der Waals surface area contributed by atoms with Gasteiger partial charge in [0.1, 0.15) is 0 Å². The maximum atomic E-state index is 2.50. The molecule has 2 rings (SSSR count). The molecule has 0 aliphatic rings. The van der Waals surface area contributed by atoms with E-state index in [9.17, 15) is 0 Å². The van der Waals surface area contributed by atoms with Crippen LogP contribution >= 0.6 is 0 Å². The van der Waals surface area contributed by atoms with Gasteiger partial charge in [0.25, 0.3) is 0 Å². The Morgan fingerprint density at radius 1 is 0.905 bits per heavy atom. The molecule has 0 nitrogen and oxygen atoms in total. The Kier molecular flexibility index (Phi) is 5.32. The van der Waals surface area contributed by atoms with Crippen LogP contribution in [0.3, 0.4) is 0 Å². The van der Waals surface area contributed by atoms with E-state index in [4.69, 9.17) is 0 Å². The van der Waals surface area contributed by atoms with Gasteiger partial charge < -0.3 is 0 Å². The van der Waals surface area contributed by atoms with Crippen LogP contribution in [0.25, 0.3) is 11.1 Å². The first-order valence-corrected chi connectivity index (χ1v) is 15.4.